The van der Waals surface area contributed by atoms with Crippen LogP contribution < -0.4 is 5.32 Å². The zero-order valence-electron chi connectivity index (χ0n) is 12.8. The zero-order chi connectivity index (χ0) is 13.1. The summed E-state index contributed by atoms with van der Waals surface area (Å²) in [7, 11) is 2.18. The smallest absolute Gasteiger partial charge is 0.00923 e. The molecule has 1 unspecified atom stereocenters. The maximum absolute atomic E-state index is 3.61. The van der Waals surface area contributed by atoms with Gasteiger partial charge in [-0.25, -0.2) is 0 Å². The van der Waals surface area contributed by atoms with Gasteiger partial charge in [0.15, 0.2) is 0 Å². The average Bonchev–Trinajstić information content (AvgIpc) is 2.35. The van der Waals surface area contributed by atoms with E-state index in [1.807, 2.05) is 0 Å². The van der Waals surface area contributed by atoms with Crippen LogP contribution >= 0.6 is 0 Å². The quantitative estimate of drug-likeness (QED) is 0.579. The van der Waals surface area contributed by atoms with Crippen molar-refractivity contribution in [1.82, 2.24) is 5.32 Å². The van der Waals surface area contributed by atoms with Crippen LogP contribution in [0.5, 0.6) is 0 Å². The molecule has 0 heterocycles. The molecule has 1 nitrogen and oxygen atoms in total. The molecular weight excluding hydrogens is 218 g/mol. The fraction of sp³-hybridized carbons (Fsp3) is 1.00. The Bertz CT molecular complexity index is 170. The summed E-state index contributed by atoms with van der Waals surface area (Å²) in [4.78, 5) is 0. The SMILES string of the molecule is CCCCCCCC(NC)C1CCCCCCC1. The van der Waals surface area contributed by atoms with Crippen molar-refractivity contribution in [1.29, 1.82) is 0 Å². The molecule has 0 amide bonds. The van der Waals surface area contributed by atoms with Crippen LogP contribution in [0.1, 0.15) is 90.4 Å². The first-order valence-corrected chi connectivity index (χ1v) is 8.55. The molecule has 0 radical (unpaired) electrons. The Balaban J connectivity index is 2.20. The van der Waals surface area contributed by atoms with E-state index in [0.29, 0.717) is 0 Å². The maximum Gasteiger partial charge on any atom is 0.00923 e. The molecule has 1 aliphatic rings. The van der Waals surface area contributed by atoms with Crippen LogP contribution in [-0.2, 0) is 0 Å². The van der Waals surface area contributed by atoms with Crippen molar-refractivity contribution in [3.8, 4) is 0 Å². The summed E-state index contributed by atoms with van der Waals surface area (Å²) in [5.74, 6) is 0.960. The molecule has 1 N–H and O–H groups in total. The first-order valence-electron chi connectivity index (χ1n) is 8.55. The topological polar surface area (TPSA) is 12.0 Å². The second-order valence-corrected chi connectivity index (χ2v) is 6.20. The summed E-state index contributed by atoms with van der Waals surface area (Å²) in [5, 5.41) is 3.61. The highest BCUT2D eigenvalue weighted by atomic mass is 14.9. The van der Waals surface area contributed by atoms with Crippen molar-refractivity contribution < 1.29 is 0 Å². The van der Waals surface area contributed by atoms with Gasteiger partial charge in [0, 0.05) is 6.04 Å². The lowest BCUT2D eigenvalue weighted by Gasteiger charge is -2.28. The zero-order valence-corrected chi connectivity index (χ0v) is 12.8. The number of unbranched alkanes of at least 4 members (excludes halogenated alkanes) is 4. The summed E-state index contributed by atoms with van der Waals surface area (Å²) in [6.45, 7) is 2.30. The van der Waals surface area contributed by atoms with E-state index in [-0.39, 0.29) is 0 Å². The van der Waals surface area contributed by atoms with E-state index in [0.717, 1.165) is 12.0 Å². The van der Waals surface area contributed by atoms with Crippen molar-refractivity contribution in [3.63, 3.8) is 0 Å². The molecule has 18 heavy (non-hydrogen) atoms. The highest BCUT2D eigenvalue weighted by Gasteiger charge is 2.20. The normalized spacial score (nSPS) is 20.3. The van der Waals surface area contributed by atoms with Gasteiger partial charge < -0.3 is 5.32 Å². The van der Waals surface area contributed by atoms with E-state index in [4.69, 9.17) is 0 Å². The van der Waals surface area contributed by atoms with Crippen LogP contribution in [0.25, 0.3) is 0 Å². The molecule has 1 aliphatic carbocycles. The van der Waals surface area contributed by atoms with E-state index in [1.54, 1.807) is 0 Å². The van der Waals surface area contributed by atoms with Crippen LogP contribution in [0.4, 0.5) is 0 Å². The molecule has 1 rings (SSSR count). The molecular formula is C17H35N. The lowest BCUT2D eigenvalue weighted by Crippen LogP contribution is -2.34. The Labute approximate surface area is 115 Å². The molecule has 0 bridgehead atoms. The summed E-state index contributed by atoms with van der Waals surface area (Å²) in [6.07, 6.45) is 18.8. The standard InChI is InChI=1S/C17H35N/c1-3-4-5-7-12-15-17(18-2)16-13-10-8-6-9-11-14-16/h16-18H,3-15H2,1-2H3. The van der Waals surface area contributed by atoms with Crippen molar-refractivity contribution >= 4 is 0 Å². The van der Waals surface area contributed by atoms with E-state index < -0.39 is 0 Å². The van der Waals surface area contributed by atoms with Gasteiger partial charge in [-0.2, -0.15) is 0 Å². The predicted molar refractivity (Wildman–Crippen MR) is 82.0 cm³/mol. The van der Waals surface area contributed by atoms with E-state index in [2.05, 4.69) is 19.3 Å². The molecule has 1 fully saturated rings. The largest absolute Gasteiger partial charge is 0.317 e. The Morgan fingerprint density at radius 1 is 0.889 bits per heavy atom. The third kappa shape index (κ3) is 6.78. The monoisotopic (exact) mass is 253 g/mol. The number of nitrogens with one attached hydrogen (secondary N) is 1. The molecule has 1 heteroatoms. The lowest BCUT2D eigenvalue weighted by molar-refractivity contribution is 0.278. The Kier molecular flexibility index (Phi) is 9.65. The molecule has 0 saturated heterocycles. The molecule has 108 valence electrons. The van der Waals surface area contributed by atoms with Crippen molar-refractivity contribution in [2.45, 2.75) is 96.4 Å². The van der Waals surface area contributed by atoms with Gasteiger partial charge >= 0.3 is 0 Å². The first-order chi connectivity index (χ1) is 8.88. The molecule has 0 aromatic carbocycles. The Hall–Kier alpha value is -0.0400. The van der Waals surface area contributed by atoms with Crippen LogP contribution in [0, 0.1) is 5.92 Å². The van der Waals surface area contributed by atoms with Gasteiger partial charge in [0.25, 0.3) is 0 Å². The summed E-state index contributed by atoms with van der Waals surface area (Å²) < 4.78 is 0. The third-order valence-corrected chi connectivity index (χ3v) is 4.71. The maximum atomic E-state index is 3.61. The minimum atomic E-state index is 0.796. The second-order valence-electron chi connectivity index (χ2n) is 6.20. The van der Waals surface area contributed by atoms with Gasteiger partial charge in [-0.3, -0.25) is 0 Å². The van der Waals surface area contributed by atoms with Gasteiger partial charge in [0.1, 0.15) is 0 Å². The molecule has 0 aliphatic heterocycles. The number of hydrogen-bond acceptors (Lipinski definition) is 1. The summed E-state index contributed by atoms with van der Waals surface area (Å²) in [5.41, 5.74) is 0. The van der Waals surface area contributed by atoms with Gasteiger partial charge in [-0.1, -0.05) is 71.1 Å². The van der Waals surface area contributed by atoms with Crippen LogP contribution in [0.2, 0.25) is 0 Å². The van der Waals surface area contributed by atoms with E-state index >= 15 is 0 Å². The van der Waals surface area contributed by atoms with Gasteiger partial charge in [-0.05, 0) is 32.2 Å². The fourth-order valence-electron chi connectivity index (χ4n) is 3.47. The molecule has 0 aromatic heterocycles. The highest BCUT2D eigenvalue weighted by Crippen LogP contribution is 2.27. The molecule has 1 atom stereocenters. The number of rotatable bonds is 8. The minimum absolute atomic E-state index is 0.796. The Morgan fingerprint density at radius 3 is 2.11 bits per heavy atom. The van der Waals surface area contributed by atoms with Gasteiger partial charge in [0.2, 0.25) is 0 Å². The summed E-state index contributed by atoms with van der Waals surface area (Å²) in [6, 6.07) is 0.796. The van der Waals surface area contributed by atoms with Crippen LogP contribution in [0.3, 0.4) is 0 Å². The third-order valence-electron chi connectivity index (χ3n) is 4.71. The molecule has 0 aromatic rings. The fourth-order valence-corrected chi connectivity index (χ4v) is 3.47. The molecule has 1 saturated carbocycles. The van der Waals surface area contributed by atoms with Crippen LogP contribution in [-0.4, -0.2) is 13.1 Å². The molecule has 0 spiro atoms. The minimum Gasteiger partial charge on any atom is -0.317 e. The number of hydrogen-bond donors (Lipinski definition) is 1. The predicted octanol–water partition coefficient (Wildman–Crippen LogP) is 5.30. The average molecular weight is 253 g/mol. The first kappa shape index (κ1) is 16.0. The van der Waals surface area contributed by atoms with Crippen LogP contribution in [0.15, 0.2) is 0 Å². The summed E-state index contributed by atoms with van der Waals surface area (Å²) >= 11 is 0. The van der Waals surface area contributed by atoms with Crippen molar-refractivity contribution in [2.24, 2.45) is 5.92 Å². The lowest BCUT2D eigenvalue weighted by atomic mass is 9.84. The Morgan fingerprint density at radius 2 is 1.50 bits per heavy atom. The van der Waals surface area contributed by atoms with Gasteiger partial charge in [0.05, 0.1) is 0 Å². The second kappa shape index (κ2) is 10.8. The van der Waals surface area contributed by atoms with E-state index in [1.165, 1.54) is 83.5 Å². The van der Waals surface area contributed by atoms with Crippen molar-refractivity contribution in [3.05, 3.63) is 0 Å². The van der Waals surface area contributed by atoms with E-state index in [9.17, 15) is 0 Å². The highest BCUT2D eigenvalue weighted by molar-refractivity contribution is 4.76. The van der Waals surface area contributed by atoms with Gasteiger partial charge in [-0.15, -0.1) is 0 Å². The van der Waals surface area contributed by atoms with Crippen molar-refractivity contribution in [2.75, 3.05) is 7.05 Å².